The number of nitrogen functional groups attached to an aromatic ring is 1. The van der Waals surface area contributed by atoms with E-state index in [4.69, 9.17) is 5.73 Å². The van der Waals surface area contributed by atoms with Gasteiger partial charge in [0.25, 0.3) is 5.91 Å². The molecule has 0 spiro atoms. The number of rotatable bonds is 3. The van der Waals surface area contributed by atoms with Crippen LogP contribution in [0.25, 0.3) is 10.9 Å². The largest absolute Gasteiger partial charge is 0.397 e. The van der Waals surface area contributed by atoms with Gasteiger partial charge in [-0.15, -0.1) is 0 Å². The van der Waals surface area contributed by atoms with E-state index in [9.17, 15) is 4.79 Å². The molecule has 0 saturated heterocycles. The summed E-state index contributed by atoms with van der Waals surface area (Å²) in [5.74, 6) is -0.188. The standard InChI is InChI=1S/C16H16N4O/c1-2-20-10-12(17)9-14(20)16(21)19-13-7-3-5-11-6-4-8-18-15(11)13/h3-10H,2,17H2,1H3,(H,19,21). The summed E-state index contributed by atoms with van der Waals surface area (Å²) in [5, 5.41) is 3.90. The maximum Gasteiger partial charge on any atom is 0.272 e. The van der Waals surface area contributed by atoms with E-state index >= 15 is 0 Å². The molecule has 0 fully saturated rings. The molecule has 2 aromatic heterocycles. The third-order valence-corrected chi connectivity index (χ3v) is 3.37. The van der Waals surface area contributed by atoms with Gasteiger partial charge in [-0.3, -0.25) is 9.78 Å². The van der Waals surface area contributed by atoms with Crippen LogP contribution in [-0.2, 0) is 6.54 Å². The highest BCUT2D eigenvalue weighted by molar-refractivity contribution is 6.07. The highest BCUT2D eigenvalue weighted by Crippen LogP contribution is 2.22. The third kappa shape index (κ3) is 2.45. The molecule has 106 valence electrons. The summed E-state index contributed by atoms with van der Waals surface area (Å²) in [6.07, 6.45) is 3.47. The molecule has 3 rings (SSSR count). The third-order valence-electron chi connectivity index (χ3n) is 3.37. The Balaban J connectivity index is 1.96. The molecule has 0 unspecified atom stereocenters. The Labute approximate surface area is 122 Å². The minimum Gasteiger partial charge on any atom is -0.397 e. The van der Waals surface area contributed by atoms with Crippen LogP contribution in [0.15, 0.2) is 48.8 Å². The van der Waals surface area contributed by atoms with Gasteiger partial charge in [0.15, 0.2) is 0 Å². The first kappa shape index (κ1) is 13.2. The minimum atomic E-state index is -0.188. The summed E-state index contributed by atoms with van der Waals surface area (Å²) in [5.41, 5.74) is 8.36. The summed E-state index contributed by atoms with van der Waals surface area (Å²) in [6.45, 7) is 2.66. The van der Waals surface area contributed by atoms with Crippen molar-refractivity contribution in [3.05, 3.63) is 54.5 Å². The van der Waals surface area contributed by atoms with Crippen molar-refractivity contribution in [1.82, 2.24) is 9.55 Å². The number of nitrogens with one attached hydrogen (secondary N) is 1. The van der Waals surface area contributed by atoms with Gasteiger partial charge in [-0.05, 0) is 25.1 Å². The fourth-order valence-corrected chi connectivity index (χ4v) is 2.38. The molecule has 0 atom stereocenters. The number of benzene rings is 1. The Morgan fingerprint density at radius 3 is 2.95 bits per heavy atom. The van der Waals surface area contributed by atoms with Crippen LogP contribution in [0, 0.1) is 0 Å². The van der Waals surface area contributed by atoms with E-state index < -0.39 is 0 Å². The van der Waals surface area contributed by atoms with E-state index in [-0.39, 0.29) is 5.91 Å². The van der Waals surface area contributed by atoms with Crippen LogP contribution < -0.4 is 11.1 Å². The van der Waals surface area contributed by atoms with Crippen LogP contribution in [0.3, 0.4) is 0 Å². The summed E-state index contributed by atoms with van der Waals surface area (Å²) >= 11 is 0. The first-order chi connectivity index (χ1) is 10.2. The number of hydrogen-bond acceptors (Lipinski definition) is 3. The van der Waals surface area contributed by atoms with Crippen LogP contribution in [0.5, 0.6) is 0 Å². The van der Waals surface area contributed by atoms with Crippen LogP contribution in [0.4, 0.5) is 11.4 Å². The number of anilines is 2. The number of hydrogen-bond donors (Lipinski definition) is 2. The number of para-hydroxylation sites is 1. The van der Waals surface area contributed by atoms with E-state index in [2.05, 4.69) is 10.3 Å². The smallest absolute Gasteiger partial charge is 0.272 e. The summed E-state index contributed by atoms with van der Waals surface area (Å²) in [7, 11) is 0. The SMILES string of the molecule is CCn1cc(N)cc1C(=O)Nc1cccc2cccnc12. The number of carbonyl (C=O) groups excluding carboxylic acids is 1. The maximum absolute atomic E-state index is 12.4. The van der Waals surface area contributed by atoms with Crippen LogP contribution in [-0.4, -0.2) is 15.5 Å². The molecule has 0 saturated carbocycles. The quantitative estimate of drug-likeness (QED) is 0.774. The lowest BCUT2D eigenvalue weighted by Crippen LogP contribution is -2.16. The van der Waals surface area contributed by atoms with E-state index in [0.717, 1.165) is 10.9 Å². The van der Waals surface area contributed by atoms with Gasteiger partial charge in [-0.2, -0.15) is 0 Å². The molecule has 3 aromatic rings. The fraction of sp³-hybridized carbons (Fsp3) is 0.125. The highest BCUT2D eigenvalue weighted by Gasteiger charge is 2.13. The van der Waals surface area contributed by atoms with E-state index in [1.54, 1.807) is 18.5 Å². The van der Waals surface area contributed by atoms with Crippen molar-refractivity contribution in [3.63, 3.8) is 0 Å². The Morgan fingerprint density at radius 2 is 2.14 bits per heavy atom. The second kappa shape index (κ2) is 5.28. The molecule has 0 aliphatic rings. The van der Waals surface area contributed by atoms with E-state index in [0.29, 0.717) is 23.6 Å². The van der Waals surface area contributed by atoms with Gasteiger partial charge in [0.05, 0.1) is 16.9 Å². The fourth-order valence-electron chi connectivity index (χ4n) is 2.38. The Morgan fingerprint density at radius 1 is 1.33 bits per heavy atom. The number of carbonyl (C=O) groups is 1. The van der Waals surface area contributed by atoms with E-state index in [1.165, 1.54) is 0 Å². The van der Waals surface area contributed by atoms with Gasteiger partial charge < -0.3 is 15.6 Å². The molecule has 5 nitrogen and oxygen atoms in total. The number of aromatic nitrogens is 2. The van der Waals surface area contributed by atoms with Crippen LogP contribution in [0.2, 0.25) is 0 Å². The molecule has 5 heteroatoms. The first-order valence-corrected chi connectivity index (χ1v) is 6.80. The van der Waals surface area contributed by atoms with Gasteiger partial charge >= 0.3 is 0 Å². The van der Waals surface area contributed by atoms with Crippen molar-refractivity contribution in [3.8, 4) is 0 Å². The van der Waals surface area contributed by atoms with Crippen molar-refractivity contribution in [2.45, 2.75) is 13.5 Å². The number of aryl methyl sites for hydroxylation is 1. The second-order valence-corrected chi connectivity index (χ2v) is 4.78. The number of fused-ring (bicyclic) bond motifs is 1. The average molecular weight is 280 g/mol. The van der Waals surface area contributed by atoms with Crippen LogP contribution in [0.1, 0.15) is 17.4 Å². The molecule has 0 bridgehead atoms. The Kier molecular flexibility index (Phi) is 3.31. The molecule has 2 heterocycles. The number of nitrogens with two attached hydrogens (primary N) is 1. The number of amides is 1. The van der Waals surface area contributed by atoms with E-state index in [1.807, 2.05) is 41.8 Å². The number of pyridine rings is 1. The zero-order chi connectivity index (χ0) is 14.8. The zero-order valence-electron chi connectivity index (χ0n) is 11.7. The molecule has 0 radical (unpaired) electrons. The monoisotopic (exact) mass is 280 g/mol. The minimum absolute atomic E-state index is 0.188. The van der Waals surface area contributed by atoms with Crippen molar-refractivity contribution < 1.29 is 4.79 Å². The Bertz CT molecular complexity index is 802. The Hall–Kier alpha value is -2.82. The zero-order valence-corrected chi connectivity index (χ0v) is 11.7. The molecule has 1 aromatic carbocycles. The van der Waals surface area contributed by atoms with Crippen molar-refractivity contribution in [2.75, 3.05) is 11.1 Å². The van der Waals surface area contributed by atoms with Crippen molar-refractivity contribution in [2.24, 2.45) is 0 Å². The lowest BCUT2D eigenvalue weighted by atomic mass is 10.2. The second-order valence-electron chi connectivity index (χ2n) is 4.78. The molecular weight excluding hydrogens is 264 g/mol. The van der Waals surface area contributed by atoms with Crippen molar-refractivity contribution in [1.29, 1.82) is 0 Å². The predicted octanol–water partition coefficient (Wildman–Crippen LogP) is 2.89. The number of nitrogens with zero attached hydrogens (tertiary/aromatic N) is 2. The normalized spacial score (nSPS) is 10.7. The molecular formula is C16H16N4O. The molecule has 0 aliphatic heterocycles. The molecule has 21 heavy (non-hydrogen) atoms. The van der Waals surface area contributed by atoms with Gasteiger partial charge in [0.2, 0.25) is 0 Å². The molecule has 1 amide bonds. The average Bonchev–Trinajstić information content (AvgIpc) is 2.89. The summed E-state index contributed by atoms with van der Waals surface area (Å²) < 4.78 is 1.82. The summed E-state index contributed by atoms with van der Waals surface area (Å²) in [4.78, 5) is 16.8. The summed E-state index contributed by atoms with van der Waals surface area (Å²) in [6, 6.07) is 11.2. The highest BCUT2D eigenvalue weighted by atomic mass is 16.1. The molecule has 0 aliphatic carbocycles. The van der Waals surface area contributed by atoms with Gasteiger partial charge in [0, 0.05) is 24.3 Å². The van der Waals surface area contributed by atoms with Gasteiger partial charge in [-0.1, -0.05) is 18.2 Å². The first-order valence-electron chi connectivity index (χ1n) is 6.80. The maximum atomic E-state index is 12.4. The van der Waals surface area contributed by atoms with Gasteiger partial charge in [0.1, 0.15) is 5.69 Å². The predicted molar refractivity (Wildman–Crippen MR) is 84.2 cm³/mol. The van der Waals surface area contributed by atoms with Crippen LogP contribution >= 0.6 is 0 Å². The lowest BCUT2D eigenvalue weighted by molar-refractivity contribution is 0.101. The topological polar surface area (TPSA) is 72.9 Å². The lowest BCUT2D eigenvalue weighted by Gasteiger charge is -2.09. The van der Waals surface area contributed by atoms with Crippen molar-refractivity contribution >= 4 is 28.2 Å². The molecule has 3 N–H and O–H groups in total. The van der Waals surface area contributed by atoms with Gasteiger partial charge in [-0.25, -0.2) is 0 Å².